The van der Waals surface area contributed by atoms with E-state index in [1.54, 1.807) is 0 Å². The molecule has 2 N–H and O–H groups in total. The molecule has 2 amide bonds. The lowest BCUT2D eigenvalue weighted by atomic mass is 10.2. The van der Waals surface area contributed by atoms with E-state index in [0.29, 0.717) is 5.56 Å². The van der Waals surface area contributed by atoms with Crippen LogP contribution in [0.4, 0.5) is 23.1 Å². The van der Waals surface area contributed by atoms with Crippen LogP contribution in [0.3, 0.4) is 0 Å². The van der Waals surface area contributed by atoms with E-state index in [4.69, 9.17) is 0 Å². The number of carbonyl (C=O) groups is 1. The summed E-state index contributed by atoms with van der Waals surface area (Å²) in [5.74, 6) is -0.510. The van der Waals surface area contributed by atoms with Crippen LogP contribution >= 0.6 is 0 Å². The zero-order valence-electron chi connectivity index (χ0n) is 13.2. The average Bonchev–Trinajstić information content (AvgIpc) is 2.86. The van der Waals surface area contributed by atoms with Gasteiger partial charge in [-0.25, -0.2) is 4.79 Å². The van der Waals surface area contributed by atoms with Gasteiger partial charge in [-0.15, -0.1) is 8.78 Å². The van der Waals surface area contributed by atoms with Gasteiger partial charge >= 0.3 is 22.8 Å². The van der Waals surface area contributed by atoms with Crippen LogP contribution in [-0.2, 0) is 17.0 Å². The largest absolute Gasteiger partial charge is 0.586 e. The number of rotatable bonds is 5. The molecule has 2 aromatic carbocycles. The molecule has 3 rings (SSSR count). The molecule has 0 saturated carbocycles. The Morgan fingerprint density at radius 2 is 1.74 bits per heavy atom. The molecular weight excluding hydrogens is 393 g/mol. The second-order valence-electron chi connectivity index (χ2n) is 5.26. The van der Waals surface area contributed by atoms with Crippen molar-refractivity contribution in [3.63, 3.8) is 0 Å². The van der Waals surface area contributed by atoms with Gasteiger partial charge in [-0.05, 0) is 42.0 Å². The minimum Gasteiger partial charge on any atom is -0.395 e. The molecule has 12 heteroatoms. The zero-order valence-corrected chi connectivity index (χ0v) is 14.1. The minimum absolute atomic E-state index is 0.00926. The van der Waals surface area contributed by atoms with Gasteiger partial charge in [0.2, 0.25) is 0 Å². The van der Waals surface area contributed by atoms with Crippen molar-refractivity contribution in [2.24, 2.45) is 0 Å². The summed E-state index contributed by atoms with van der Waals surface area (Å²) in [6.07, 6.45) is -3.72. The molecule has 0 saturated heterocycles. The van der Waals surface area contributed by atoms with Crippen molar-refractivity contribution in [2.45, 2.75) is 12.8 Å². The van der Waals surface area contributed by atoms with Crippen LogP contribution in [0, 0.1) is 0 Å². The molecular formula is C15H11F3N2O6S. The van der Waals surface area contributed by atoms with Crippen LogP contribution in [-0.4, -0.2) is 20.7 Å². The maximum atomic E-state index is 13.0. The van der Waals surface area contributed by atoms with E-state index in [2.05, 4.69) is 24.3 Å². The number of urea groups is 1. The highest BCUT2D eigenvalue weighted by atomic mass is 32.3. The molecule has 0 bridgehead atoms. The second-order valence-corrected chi connectivity index (χ2v) is 6.21. The lowest BCUT2D eigenvalue weighted by Crippen LogP contribution is -2.28. The summed E-state index contributed by atoms with van der Waals surface area (Å²) < 4.78 is 71.6. The van der Waals surface area contributed by atoms with Crippen molar-refractivity contribution in [1.82, 2.24) is 5.32 Å². The molecule has 0 aliphatic carbocycles. The van der Waals surface area contributed by atoms with Crippen molar-refractivity contribution in [3.05, 3.63) is 48.0 Å². The third-order valence-electron chi connectivity index (χ3n) is 3.23. The van der Waals surface area contributed by atoms with Crippen molar-refractivity contribution >= 4 is 22.2 Å². The van der Waals surface area contributed by atoms with E-state index < -0.39 is 22.8 Å². The Balaban J connectivity index is 1.53. The first-order valence-corrected chi connectivity index (χ1v) is 8.58. The first-order chi connectivity index (χ1) is 12.6. The van der Waals surface area contributed by atoms with Crippen LogP contribution in [0.25, 0.3) is 0 Å². The number of amides is 2. The summed E-state index contributed by atoms with van der Waals surface area (Å²) in [7, 11) is -5.13. The van der Waals surface area contributed by atoms with Gasteiger partial charge < -0.3 is 24.3 Å². The molecule has 0 unspecified atom stereocenters. The monoisotopic (exact) mass is 404 g/mol. The molecule has 8 nitrogen and oxygen atoms in total. The van der Waals surface area contributed by atoms with E-state index in [0.717, 1.165) is 12.1 Å². The Hall–Kier alpha value is -3.15. The Morgan fingerprint density at radius 1 is 1.07 bits per heavy atom. The molecule has 1 heterocycles. The number of nitrogens with one attached hydrogen (secondary N) is 2. The first-order valence-electron chi connectivity index (χ1n) is 7.27. The van der Waals surface area contributed by atoms with Crippen molar-refractivity contribution in [3.8, 4) is 17.2 Å². The predicted octanol–water partition coefficient (Wildman–Crippen LogP) is 2.92. The van der Waals surface area contributed by atoms with Crippen LogP contribution in [0.2, 0.25) is 0 Å². The first kappa shape index (κ1) is 18.6. The number of hydrogen-bond donors (Lipinski definition) is 2. The van der Waals surface area contributed by atoms with Crippen molar-refractivity contribution in [2.75, 3.05) is 5.32 Å². The van der Waals surface area contributed by atoms with Gasteiger partial charge in [0.05, 0.1) is 0 Å². The van der Waals surface area contributed by atoms with Gasteiger partial charge in [0.15, 0.2) is 11.5 Å². The molecule has 0 fully saturated rings. The quantitative estimate of drug-likeness (QED) is 0.743. The smallest absolute Gasteiger partial charge is 0.395 e. The van der Waals surface area contributed by atoms with Crippen LogP contribution in [0.15, 0.2) is 42.5 Å². The summed E-state index contributed by atoms with van der Waals surface area (Å²) in [5, 5.41) is 4.93. The second kappa shape index (κ2) is 6.87. The van der Waals surface area contributed by atoms with Crippen LogP contribution < -0.4 is 24.3 Å². The molecule has 0 radical (unpaired) electrons. The fourth-order valence-electron chi connectivity index (χ4n) is 2.17. The number of carbonyl (C=O) groups excluding carboxylic acids is 1. The molecule has 0 atom stereocenters. The highest BCUT2D eigenvalue weighted by molar-refractivity contribution is 7.81. The van der Waals surface area contributed by atoms with Gasteiger partial charge in [0.1, 0.15) is 5.75 Å². The maximum Gasteiger partial charge on any atom is 0.586 e. The maximum absolute atomic E-state index is 13.0. The number of anilines is 1. The number of benzene rings is 2. The highest BCUT2D eigenvalue weighted by Crippen LogP contribution is 2.41. The highest BCUT2D eigenvalue weighted by Gasteiger charge is 2.43. The number of ether oxygens (including phenoxy) is 2. The Kier molecular flexibility index (Phi) is 4.74. The molecule has 144 valence electrons. The van der Waals surface area contributed by atoms with Gasteiger partial charge in [-0.1, -0.05) is 9.95 Å². The zero-order chi connectivity index (χ0) is 19.7. The number of alkyl halides is 2. The lowest BCUT2D eigenvalue weighted by molar-refractivity contribution is -0.286. The van der Waals surface area contributed by atoms with E-state index in [1.165, 1.54) is 30.3 Å². The van der Waals surface area contributed by atoms with Gasteiger partial charge in [0, 0.05) is 12.2 Å². The average molecular weight is 404 g/mol. The van der Waals surface area contributed by atoms with Crippen molar-refractivity contribution < 1.29 is 39.5 Å². The fourth-order valence-corrected chi connectivity index (χ4v) is 2.51. The summed E-state index contributed by atoms with van der Waals surface area (Å²) in [4.78, 5) is 11.9. The third kappa shape index (κ3) is 5.17. The van der Waals surface area contributed by atoms with E-state index in [9.17, 15) is 25.9 Å². The van der Waals surface area contributed by atoms with Crippen LogP contribution in [0.1, 0.15) is 5.56 Å². The summed E-state index contributed by atoms with van der Waals surface area (Å²) in [6.45, 7) is 0.00926. The Labute approximate surface area is 151 Å². The minimum atomic E-state index is -5.13. The molecule has 0 aromatic heterocycles. The normalized spacial score (nSPS) is 14.5. The van der Waals surface area contributed by atoms with Gasteiger partial charge in [0.25, 0.3) is 0 Å². The van der Waals surface area contributed by atoms with Gasteiger partial charge in [-0.3, -0.25) is 0 Å². The lowest BCUT2D eigenvalue weighted by Gasteiger charge is -2.08. The molecule has 0 spiro atoms. The number of halogens is 3. The third-order valence-corrected chi connectivity index (χ3v) is 3.62. The van der Waals surface area contributed by atoms with E-state index in [1.807, 2.05) is 0 Å². The topological polar surface area (TPSA) is 103 Å². The number of fused-ring (bicyclic) bond motifs is 1. The summed E-state index contributed by atoms with van der Waals surface area (Å²) in [5.41, 5.74) is 0.767. The van der Waals surface area contributed by atoms with E-state index >= 15 is 0 Å². The SMILES string of the molecule is O=C(NCc1ccc2c(c1)OC(F)(F)O2)Nc1ccc(OS(=O)(=O)F)cc1. The van der Waals surface area contributed by atoms with Gasteiger partial charge in [-0.2, -0.15) is 8.42 Å². The summed E-state index contributed by atoms with van der Waals surface area (Å²) >= 11 is 0. The fraction of sp³-hybridized carbons (Fsp3) is 0.133. The summed E-state index contributed by atoms with van der Waals surface area (Å²) in [6, 6.07) is 8.34. The van der Waals surface area contributed by atoms with Crippen molar-refractivity contribution in [1.29, 1.82) is 0 Å². The van der Waals surface area contributed by atoms with E-state index in [-0.39, 0.29) is 29.5 Å². The number of hydrogen-bond acceptors (Lipinski definition) is 6. The molecule has 27 heavy (non-hydrogen) atoms. The Bertz CT molecular complexity index is 966. The standard InChI is InChI=1S/C15H11F3N2O6S/c16-15(17)24-12-6-1-9(7-13(12)25-15)8-19-14(21)20-10-2-4-11(5-3-10)26-27(18,22)23/h1-7H,8H2,(H2,19,20,21). The van der Waals surface area contributed by atoms with Crippen LogP contribution in [0.5, 0.6) is 17.2 Å². The Morgan fingerprint density at radius 3 is 2.41 bits per heavy atom. The molecule has 1 aliphatic heterocycles. The molecule has 2 aromatic rings. The predicted molar refractivity (Wildman–Crippen MR) is 85.6 cm³/mol. The molecule has 1 aliphatic rings.